The summed E-state index contributed by atoms with van der Waals surface area (Å²) in [5.74, 6) is 1.12. The van der Waals surface area contributed by atoms with Crippen molar-refractivity contribution in [2.75, 3.05) is 34.2 Å². The van der Waals surface area contributed by atoms with E-state index in [1.165, 1.54) is 12.0 Å². The molecule has 136 valence electrons. The number of aryl methyl sites for hydroxylation is 1. The van der Waals surface area contributed by atoms with Gasteiger partial charge in [-0.1, -0.05) is 26.0 Å². The summed E-state index contributed by atoms with van der Waals surface area (Å²) in [6, 6.07) is 4.23. The number of ether oxygens (including phenoxy) is 1. The molecule has 0 aliphatic carbocycles. The van der Waals surface area contributed by atoms with Gasteiger partial charge in [0, 0.05) is 18.7 Å². The number of amides is 1. The molecule has 0 bridgehead atoms. The zero-order valence-electron chi connectivity index (χ0n) is 15.9. The fraction of sp³-hybridized carbons (Fsp3) is 0.632. The third kappa shape index (κ3) is 4.85. The Bertz CT molecular complexity index is 573. The molecule has 1 aromatic rings. The van der Waals surface area contributed by atoms with Crippen LogP contribution in [0.5, 0.6) is 5.75 Å². The average Bonchev–Trinajstić information content (AvgIpc) is 2.48. The van der Waals surface area contributed by atoms with Crippen molar-refractivity contribution in [2.24, 2.45) is 0 Å². The van der Waals surface area contributed by atoms with Crippen LogP contribution in [-0.4, -0.2) is 45.2 Å². The van der Waals surface area contributed by atoms with Gasteiger partial charge in [-0.25, -0.2) is 4.79 Å². The zero-order valence-corrected chi connectivity index (χ0v) is 18.0. The van der Waals surface area contributed by atoms with E-state index in [9.17, 15) is 4.79 Å². The highest BCUT2D eigenvalue weighted by Gasteiger charge is 2.29. The van der Waals surface area contributed by atoms with Crippen LogP contribution in [0, 0.1) is 6.92 Å². The van der Waals surface area contributed by atoms with Crippen LogP contribution in [-0.2, 0) is 0 Å². The lowest BCUT2D eigenvalue weighted by Crippen LogP contribution is -3.00. The van der Waals surface area contributed by atoms with Crippen molar-refractivity contribution in [3.63, 3.8) is 0 Å². The van der Waals surface area contributed by atoms with Crippen LogP contribution < -0.4 is 33.2 Å². The maximum Gasteiger partial charge on any atom is 0.415 e. The normalized spacial score (nSPS) is 15.2. The van der Waals surface area contributed by atoms with Crippen molar-refractivity contribution in [2.45, 2.75) is 46.0 Å². The van der Waals surface area contributed by atoms with Crippen LogP contribution >= 0.6 is 0 Å². The molecular formula is C19H31IN2O2. The highest BCUT2D eigenvalue weighted by Crippen LogP contribution is 2.40. The van der Waals surface area contributed by atoms with Gasteiger partial charge in [0.2, 0.25) is 0 Å². The molecule has 0 spiro atoms. The molecule has 4 nitrogen and oxygen atoms in total. The Labute approximate surface area is 163 Å². The fourth-order valence-corrected chi connectivity index (χ4v) is 3.20. The molecule has 1 aromatic carbocycles. The lowest BCUT2D eigenvalue weighted by molar-refractivity contribution is -0.0000111. The van der Waals surface area contributed by atoms with E-state index < -0.39 is 0 Å². The van der Waals surface area contributed by atoms with Crippen molar-refractivity contribution in [3.05, 3.63) is 23.3 Å². The summed E-state index contributed by atoms with van der Waals surface area (Å²) in [5.41, 5.74) is 3.36. The largest absolute Gasteiger partial charge is 1.00 e. The number of piperidine rings is 1. The lowest BCUT2D eigenvalue weighted by Gasteiger charge is -2.31. The Kier molecular flexibility index (Phi) is 7.53. The number of carbonyl (C=O) groups excluding carboxylic acids is 1. The molecular weight excluding hydrogens is 415 g/mol. The number of hydrogen-bond acceptors (Lipinski definition) is 2. The summed E-state index contributed by atoms with van der Waals surface area (Å²) >= 11 is 0. The maximum atomic E-state index is 12.6. The molecule has 1 aliphatic rings. The SMILES string of the molecule is Cc1ccc(C(C)C)c([N+](C)(C)C)c1OC(=O)N1CCCCC1.[I-]. The third-order valence-electron chi connectivity index (χ3n) is 4.46. The molecule has 0 unspecified atom stereocenters. The predicted octanol–water partition coefficient (Wildman–Crippen LogP) is 1.30. The van der Waals surface area contributed by atoms with Crippen LogP contribution in [0.4, 0.5) is 10.5 Å². The quantitative estimate of drug-likeness (QED) is 0.518. The third-order valence-corrected chi connectivity index (χ3v) is 4.46. The minimum atomic E-state index is -0.205. The predicted molar refractivity (Wildman–Crippen MR) is 96.3 cm³/mol. The molecule has 1 amide bonds. The van der Waals surface area contributed by atoms with E-state index in [1.807, 2.05) is 11.8 Å². The first-order valence-corrected chi connectivity index (χ1v) is 8.64. The molecule has 0 N–H and O–H groups in total. The first-order valence-electron chi connectivity index (χ1n) is 8.64. The number of carbonyl (C=O) groups is 1. The van der Waals surface area contributed by atoms with Crippen LogP contribution in [0.2, 0.25) is 0 Å². The topological polar surface area (TPSA) is 29.5 Å². The molecule has 1 saturated heterocycles. The van der Waals surface area contributed by atoms with Crippen molar-refractivity contribution < 1.29 is 33.5 Å². The van der Waals surface area contributed by atoms with Gasteiger partial charge in [-0.3, -0.25) is 4.48 Å². The Morgan fingerprint density at radius 2 is 1.71 bits per heavy atom. The molecule has 2 rings (SSSR count). The van der Waals surface area contributed by atoms with Gasteiger partial charge < -0.3 is 33.6 Å². The highest BCUT2D eigenvalue weighted by atomic mass is 127. The summed E-state index contributed by atoms with van der Waals surface area (Å²) in [5, 5.41) is 0. The Balaban J connectivity index is 0.00000288. The average molecular weight is 446 g/mol. The fourth-order valence-electron chi connectivity index (χ4n) is 3.20. The van der Waals surface area contributed by atoms with Gasteiger partial charge in [0.05, 0.1) is 21.1 Å². The Morgan fingerprint density at radius 3 is 2.21 bits per heavy atom. The molecule has 1 fully saturated rings. The van der Waals surface area contributed by atoms with Crippen LogP contribution in [0.1, 0.15) is 50.2 Å². The van der Waals surface area contributed by atoms with Gasteiger partial charge in [0.15, 0.2) is 11.4 Å². The van der Waals surface area contributed by atoms with E-state index in [2.05, 4.69) is 47.1 Å². The number of benzene rings is 1. The van der Waals surface area contributed by atoms with E-state index >= 15 is 0 Å². The summed E-state index contributed by atoms with van der Waals surface area (Å²) in [4.78, 5) is 14.4. The zero-order chi connectivity index (χ0) is 17.2. The van der Waals surface area contributed by atoms with Gasteiger partial charge in [0.1, 0.15) is 0 Å². The second-order valence-corrected chi connectivity index (χ2v) is 7.73. The summed E-state index contributed by atoms with van der Waals surface area (Å²) in [6.45, 7) is 7.99. The monoisotopic (exact) mass is 446 g/mol. The Hall–Kier alpha value is -0.820. The minimum Gasteiger partial charge on any atom is -1.00 e. The number of likely N-dealkylation sites (tertiary alicyclic amines) is 1. The number of rotatable bonds is 3. The molecule has 0 saturated carbocycles. The smallest absolute Gasteiger partial charge is 0.415 e. The lowest BCUT2D eigenvalue weighted by atomic mass is 9.97. The Morgan fingerprint density at radius 1 is 1.12 bits per heavy atom. The molecule has 0 atom stereocenters. The number of halogens is 1. The van der Waals surface area contributed by atoms with E-state index in [1.54, 1.807) is 0 Å². The van der Waals surface area contributed by atoms with E-state index in [0.717, 1.165) is 42.9 Å². The van der Waals surface area contributed by atoms with Gasteiger partial charge in [-0.05, 0) is 37.7 Å². The second kappa shape index (κ2) is 8.52. The van der Waals surface area contributed by atoms with Crippen molar-refractivity contribution in [3.8, 4) is 5.75 Å². The van der Waals surface area contributed by atoms with Gasteiger partial charge in [0.25, 0.3) is 0 Å². The number of nitrogens with zero attached hydrogens (tertiary/aromatic N) is 2. The van der Waals surface area contributed by atoms with Gasteiger partial charge in [-0.2, -0.15) is 0 Å². The van der Waals surface area contributed by atoms with Crippen molar-refractivity contribution in [1.82, 2.24) is 9.38 Å². The molecule has 5 heteroatoms. The first kappa shape index (κ1) is 21.2. The van der Waals surface area contributed by atoms with Crippen molar-refractivity contribution in [1.29, 1.82) is 0 Å². The first-order chi connectivity index (χ1) is 10.7. The minimum absolute atomic E-state index is 0. The van der Waals surface area contributed by atoms with E-state index in [-0.39, 0.29) is 30.1 Å². The highest BCUT2D eigenvalue weighted by molar-refractivity contribution is 5.76. The standard InChI is InChI=1S/C19H31N2O2.HI/c1-14(2)16-11-10-15(3)18(17(16)21(4,5)6)23-19(22)20-12-8-7-9-13-20;/h10-11,14H,7-9,12-13H2,1-6H3;1H/q+1;/p-1. The van der Waals surface area contributed by atoms with Crippen molar-refractivity contribution >= 4 is 11.8 Å². The molecule has 0 radical (unpaired) electrons. The summed E-state index contributed by atoms with van der Waals surface area (Å²) < 4.78 is 6.54. The van der Waals surface area contributed by atoms with Crippen LogP contribution in [0.15, 0.2) is 12.1 Å². The number of quaternary nitrogens is 1. The number of hydrogen-bond donors (Lipinski definition) is 0. The summed E-state index contributed by atoms with van der Waals surface area (Å²) in [6.07, 6.45) is 3.14. The second-order valence-electron chi connectivity index (χ2n) is 7.73. The van der Waals surface area contributed by atoms with Gasteiger partial charge >= 0.3 is 6.09 Å². The van der Waals surface area contributed by atoms with E-state index in [4.69, 9.17) is 4.74 Å². The summed E-state index contributed by atoms with van der Waals surface area (Å²) in [7, 11) is 6.37. The van der Waals surface area contributed by atoms with Gasteiger partial charge in [-0.15, -0.1) is 0 Å². The van der Waals surface area contributed by atoms with Crippen LogP contribution in [0.3, 0.4) is 0 Å². The maximum absolute atomic E-state index is 12.6. The molecule has 24 heavy (non-hydrogen) atoms. The molecule has 0 aromatic heterocycles. The molecule has 1 aliphatic heterocycles. The van der Waals surface area contributed by atoms with Crippen LogP contribution in [0.25, 0.3) is 0 Å². The van der Waals surface area contributed by atoms with E-state index in [0.29, 0.717) is 10.4 Å². The molecule has 1 heterocycles.